The van der Waals surface area contributed by atoms with Gasteiger partial charge in [-0.3, -0.25) is 4.79 Å². The van der Waals surface area contributed by atoms with Crippen molar-refractivity contribution in [1.82, 2.24) is 9.47 Å². The maximum absolute atomic E-state index is 14.8. The molecule has 3 rings (SSSR count). The van der Waals surface area contributed by atoms with Crippen molar-refractivity contribution in [1.29, 1.82) is 0 Å². The number of rotatable bonds is 5. The van der Waals surface area contributed by atoms with Crippen molar-refractivity contribution in [2.45, 2.75) is 13.5 Å². The summed E-state index contributed by atoms with van der Waals surface area (Å²) in [5.41, 5.74) is -0.330. The van der Waals surface area contributed by atoms with Crippen LogP contribution in [0.3, 0.4) is 0 Å². The van der Waals surface area contributed by atoms with Crippen LogP contribution < -0.4 is 10.3 Å². The van der Waals surface area contributed by atoms with Gasteiger partial charge < -0.3 is 24.2 Å². The van der Waals surface area contributed by atoms with Crippen molar-refractivity contribution in [2.75, 3.05) is 37.7 Å². The summed E-state index contributed by atoms with van der Waals surface area (Å²) in [7, 11) is 0. The SMILES string of the molecule is C=CCOC(=O)N1CCN(c2cc3c(cc2F)c(=O)c(C(=O)O)cn3CC)CC1. The third-order valence-electron chi connectivity index (χ3n) is 4.92. The monoisotopic (exact) mass is 403 g/mol. The molecule has 0 bridgehead atoms. The number of aromatic nitrogens is 1. The number of fused-ring (bicyclic) bond motifs is 1. The van der Waals surface area contributed by atoms with Gasteiger partial charge in [0.2, 0.25) is 5.43 Å². The van der Waals surface area contributed by atoms with E-state index in [-0.39, 0.29) is 12.0 Å². The fourth-order valence-corrected chi connectivity index (χ4v) is 3.41. The fourth-order valence-electron chi connectivity index (χ4n) is 3.41. The molecule has 29 heavy (non-hydrogen) atoms. The van der Waals surface area contributed by atoms with E-state index in [0.717, 1.165) is 6.07 Å². The second-order valence-corrected chi connectivity index (χ2v) is 6.62. The van der Waals surface area contributed by atoms with E-state index in [1.165, 1.54) is 12.3 Å². The van der Waals surface area contributed by atoms with Gasteiger partial charge in [-0.1, -0.05) is 12.7 Å². The predicted octanol–water partition coefficient (Wildman–Crippen LogP) is 2.30. The minimum Gasteiger partial charge on any atom is -0.477 e. The molecule has 1 aromatic carbocycles. The number of pyridine rings is 1. The Hall–Kier alpha value is -3.36. The Morgan fingerprint density at radius 3 is 2.55 bits per heavy atom. The van der Waals surface area contributed by atoms with Gasteiger partial charge in [-0.2, -0.15) is 0 Å². The molecule has 0 aliphatic carbocycles. The summed E-state index contributed by atoms with van der Waals surface area (Å²) < 4.78 is 21.5. The largest absolute Gasteiger partial charge is 0.477 e. The van der Waals surface area contributed by atoms with Crippen LogP contribution >= 0.6 is 0 Å². The lowest BCUT2D eigenvalue weighted by atomic mass is 10.1. The molecular weight excluding hydrogens is 381 g/mol. The Labute approximate surface area is 166 Å². The number of aryl methyl sites for hydroxylation is 1. The number of carbonyl (C=O) groups excluding carboxylic acids is 1. The van der Waals surface area contributed by atoms with E-state index in [1.54, 1.807) is 20.4 Å². The number of anilines is 1. The van der Waals surface area contributed by atoms with Gasteiger partial charge in [-0.15, -0.1) is 0 Å². The van der Waals surface area contributed by atoms with Gasteiger partial charge in [0.25, 0.3) is 0 Å². The smallest absolute Gasteiger partial charge is 0.410 e. The van der Waals surface area contributed by atoms with Crippen LogP contribution in [0.1, 0.15) is 17.3 Å². The van der Waals surface area contributed by atoms with Crippen LogP contribution in [0.25, 0.3) is 10.9 Å². The first-order valence-corrected chi connectivity index (χ1v) is 9.24. The van der Waals surface area contributed by atoms with E-state index in [0.29, 0.717) is 43.9 Å². The second kappa shape index (κ2) is 8.34. The zero-order valence-corrected chi connectivity index (χ0v) is 16.1. The zero-order chi connectivity index (χ0) is 21.1. The molecule has 1 amide bonds. The average Bonchev–Trinajstić information content (AvgIpc) is 2.72. The Balaban J connectivity index is 1.92. The van der Waals surface area contributed by atoms with Crippen molar-refractivity contribution >= 4 is 28.7 Å². The number of carboxylic acids is 1. The van der Waals surface area contributed by atoms with Gasteiger partial charge in [-0.05, 0) is 19.1 Å². The van der Waals surface area contributed by atoms with E-state index >= 15 is 0 Å². The van der Waals surface area contributed by atoms with E-state index in [9.17, 15) is 23.9 Å². The van der Waals surface area contributed by atoms with Crippen LogP contribution in [0.2, 0.25) is 0 Å². The van der Waals surface area contributed by atoms with E-state index in [4.69, 9.17) is 4.74 Å². The highest BCUT2D eigenvalue weighted by molar-refractivity contribution is 5.93. The van der Waals surface area contributed by atoms with Gasteiger partial charge >= 0.3 is 12.1 Å². The molecule has 2 heterocycles. The maximum atomic E-state index is 14.8. The van der Waals surface area contributed by atoms with Crippen LogP contribution in [0.5, 0.6) is 0 Å². The Kier molecular flexibility index (Phi) is 5.86. The van der Waals surface area contributed by atoms with E-state index < -0.39 is 28.9 Å². The number of carboxylic acid groups (broad SMARTS) is 1. The molecule has 0 saturated carbocycles. The molecule has 0 atom stereocenters. The average molecular weight is 403 g/mol. The molecule has 1 aromatic heterocycles. The lowest BCUT2D eigenvalue weighted by molar-refractivity contribution is 0.0694. The van der Waals surface area contributed by atoms with Crippen LogP contribution in [0.15, 0.2) is 35.8 Å². The first kappa shape index (κ1) is 20.4. The van der Waals surface area contributed by atoms with E-state index in [2.05, 4.69) is 6.58 Å². The standard InChI is InChI=1S/C20H22FN3O5/c1-3-9-29-20(28)24-7-5-23(6-8-24)17-11-16-13(10-15(17)21)18(25)14(19(26)27)12-22(16)4-2/h3,10-12H,1,4-9H2,2H3,(H,26,27). The third kappa shape index (κ3) is 3.94. The highest BCUT2D eigenvalue weighted by atomic mass is 19.1. The van der Waals surface area contributed by atoms with Crippen LogP contribution in [-0.2, 0) is 11.3 Å². The molecule has 0 unspecified atom stereocenters. The number of ether oxygens (including phenoxy) is 1. The van der Waals surface area contributed by atoms with Crippen molar-refractivity contribution in [3.63, 3.8) is 0 Å². The van der Waals surface area contributed by atoms with Crippen LogP contribution in [0.4, 0.5) is 14.9 Å². The highest BCUT2D eigenvalue weighted by Crippen LogP contribution is 2.26. The summed E-state index contributed by atoms with van der Waals surface area (Å²) in [6.07, 6.45) is 2.33. The molecule has 154 valence electrons. The van der Waals surface area contributed by atoms with Crippen LogP contribution in [-0.4, -0.2) is 59.4 Å². The molecule has 1 N–H and O–H groups in total. The van der Waals surface area contributed by atoms with Gasteiger partial charge in [0.1, 0.15) is 18.0 Å². The molecule has 9 heteroatoms. The minimum atomic E-state index is -1.34. The summed E-state index contributed by atoms with van der Waals surface area (Å²) in [4.78, 5) is 39.0. The fraction of sp³-hybridized carbons (Fsp3) is 0.350. The number of benzene rings is 1. The molecular formula is C20H22FN3O5. The number of carbonyl (C=O) groups is 2. The van der Waals surface area contributed by atoms with Gasteiger partial charge in [0.15, 0.2) is 0 Å². The number of aromatic carboxylic acids is 1. The molecule has 0 radical (unpaired) electrons. The van der Waals surface area contributed by atoms with Crippen molar-refractivity contribution in [3.8, 4) is 0 Å². The van der Waals surface area contributed by atoms with Gasteiger partial charge in [0, 0.05) is 44.3 Å². The molecule has 2 aromatic rings. The van der Waals surface area contributed by atoms with E-state index in [1.807, 2.05) is 6.92 Å². The first-order chi connectivity index (χ1) is 13.9. The van der Waals surface area contributed by atoms with Crippen molar-refractivity contribution in [2.24, 2.45) is 0 Å². The topological polar surface area (TPSA) is 92.1 Å². The molecule has 1 saturated heterocycles. The van der Waals surface area contributed by atoms with Gasteiger partial charge in [0.05, 0.1) is 11.2 Å². The first-order valence-electron chi connectivity index (χ1n) is 9.24. The summed E-state index contributed by atoms with van der Waals surface area (Å²) in [5.74, 6) is -1.95. The Morgan fingerprint density at radius 2 is 1.97 bits per heavy atom. The lowest BCUT2D eigenvalue weighted by Gasteiger charge is -2.35. The molecule has 1 fully saturated rings. The molecule has 1 aliphatic heterocycles. The molecule has 0 spiro atoms. The number of hydrogen-bond acceptors (Lipinski definition) is 5. The van der Waals surface area contributed by atoms with Crippen molar-refractivity contribution < 1.29 is 23.8 Å². The summed E-state index contributed by atoms with van der Waals surface area (Å²) in [5, 5.41) is 9.26. The summed E-state index contributed by atoms with van der Waals surface area (Å²) in [6, 6.07) is 2.66. The quantitative estimate of drug-likeness (QED) is 0.771. The zero-order valence-electron chi connectivity index (χ0n) is 16.1. The number of amides is 1. The van der Waals surface area contributed by atoms with Gasteiger partial charge in [-0.25, -0.2) is 14.0 Å². The maximum Gasteiger partial charge on any atom is 0.410 e. The number of hydrogen-bond donors (Lipinski definition) is 1. The number of piperazine rings is 1. The summed E-state index contributed by atoms with van der Waals surface area (Å²) >= 11 is 0. The lowest BCUT2D eigenvalue weighted by Crippen LogP contribution is -2.49. The Bertz CT molecular complexity index is 1020. The number of halogens is 1. The Morgan fingerprint density at radius 1 is 1.28 bits per heavy atom. The third-order valence-corrected chi connectivity index (χ3v) is 4.92. The van der Waals surface area contributed by atoms with Crippen molar-refractivity contribution in [3.05, 3.63) is 52.6 Å². The minimum absolute atomic E-state index is 0.0274. The predicted molar refractivity (Wildman–Crippen MR) is 106 cm³/mol. The molecule has 8 nitrogen and oxygen atoms in total. The summed E-state index contributed by atoms with van der Waals surface area (Å²) in [6.45, 7) is 7.39. The molecule has 1 aliphatic rings. The number of nitrogens with zero attached hydrogens (tertiary/aromatic N) is 3. The highest BCUT2D eigenvalue weighted by Gasteiger charge is 2.25. The van der Waals surface area contributed by atoms with Crippen LogP contribution in [0, 0.1) is 5.82 Å². The normalized spacial score (nSPS) is 14.1. The second-order valence-electron chi connectivity index (χ2n) is 6.62.